The van der Waals surface area contributed by atoms with Crippen LogP contribution in [0.3, 0.4) is 0 Å². The molecule has 24 heavy (non-hydrogen) atoms. The van der Waals surface area contributed by atoms with E-state index in [4.69, 9.17) is 17.3 Å². The highest BCUT2D eigenvalue weighted by atomic mass is 35.5. The molecule has 0 radical (unpaired) electrons. The molecule has 130 valence electrons. The lowest BCUT2D eigenvalue weighted by Crippen LogP contribution is -2.34. The van der Waals surface area contributed by atoms with Gasteiger partial charge in [-0.3, -0.25) is 4.79 Å². The Hall–Kier alpha value is -1.07. The van der Waals surface area contributed by atoms with E-state index in [1.807, 2.05) is 42.2 Å². The van der Waals surface area contributed by atoms with Gasteiger partial charge < -0.3 is 10.6 Å². The number of carbonyl (C=O) groups excluding carboxylic acids is 1. The van der Waals surface area contributed by atoms with Gasteiger partial charge in [-0.05, 0) is 54.6 Å². The molecule has 1 atom stereocenters. The first-order valence-corrected chi connectivity index (χ1v) is 8.97. The Labute approximate surface area is 158 Å². The Bertz CT molecular complexity index is 746. The number of nitrogens with two attached hydrogens (primary N) is 1. The Balaban J connectivity index is 0.00000208. The predicted octanol–water partition coefficient (Wildman–Crippen LogP) is 4.61. The monoisotopic (exact) mass is 384 g/mol. The number of nitrogens with zero attached hydrogens (tertiary/aromatic N) is 1. The number of carbonyl (C=O) groups is 1. The first-order valence-electron chi connectivity index (χ1n) is 7.78. The molecule has 6 heteroatoms. The summed E-state index contributed by atoms with van der Waals surface area (Å²) < 4.78 is 0. The van der Waals surface area contributed by atoms with Crippen molar-refractivity contribution in [2.45, 2.75) is 20.3 Å². The molecule has 1 fully saturated rings. The van der Waals surface area contributed by atoms with E-state index >= 15 is 0 Å². The summed E-state index contributed by atoms with van der Waals surface area (Å²) in [5.41, 5.74) is 8.07. The molecule has 1 unspecified atom stereocenters. The number of thiophene rings is 1. The quantitative estimate of drug-likeness (QED) is 0.839. The van der Waals surface area contributed by atoms with Crippen LogP contribution in [-0.2, 0) is 0 Å². The third-order valence-corrected chi connectivity index (χ3v) is 6.06. The fourth-order valence-corrected chi connectivity index (χ4v) is 4.35. The predicted molar refractivity (Wildman–Crippen MR) is 104 cm³/mol. The van der Waals surface area contributed by atoms with Crippen LogP contribution in [0, 0.1) is 12.3 Å². The summed E-state index contributed by atoms with van der Waals surface area (Å²) >= 11 is 7.63. The lowest BCUT2D eigenvalue weighted by atomic mass is 9.90. The van der Waals surface area contributed by atoms with Crippen molar-refractivity contribution in [3.05, 3.63) is 45.8 Å². The molecule has 0 spiro atoms. The molecule has 0 bridgehead atoms. The van der Waals surface area contributed by atoms with Crippen molar-refractivity contribution in [3.63, 3.8) is 0 Å². The third-order valence-electron chi connectivity index (χ3n) is 4.55. The highest BCUT2D eigenvalue weighted by Gasteiger charge is 2.35. The van der Waals surface area contributed by atoms with Crippen LogP contribution in [-0.4, -0.2) is 30.4 Å². The second kappa shape index (κ2) is 7.44. The first kappa shape index (κ1) is 19.3. The Morgan fingerprint density at radius 1 is 1.42 bits per heavy atom. The van der Waals surface area contributed by atoms with Gasteiger partial charge in [-0.15, -0.1) is 23.7 Å². The third kappa shape index (κ3) is 3.77. The normalized spacial score (nSPS) is 20.1. The summed E-state index contributed by atoms with van der Waals surface area (Å²) in [5, 5.41) is 0.710. The zero-order valence-electron chi connectivity index (χ0n) is 13.8. The van der Waals surface area contributed by atoms with Gasteiger partial charge in [0.1, 0.15) is 0 Å². The zero-order valence-corrected chi connectivity index (χ0v) is 16.2. The fraction of sp³-hybridized carbons (Fsp3) is 0.389. The van der Waals surface area contributed by atoms with E-state index in [-0.39, 0.29) is 23.7 Å². The molecule has 2 aromatic rings. The maximum atomic E-state index is 12.8. The minimum absolute atomic E-state index is 0. The lowest BCUT2D eigenvalue weighted by molar-refractivity contribution is 0.0781. The lowest BCUT2D eigenvalue weighted by Gasteiger charge is -2.22. The smallest absolute Gasteiger partial charge is 0.263 e. The van der Waals surface area contributed by atoms with Gasteiger partial charge in [0, 0.05) is 23.0 Å². The van der Waals surface area contributed by atoms with Crippen molar-refractivity contribution in [1.29, 1.82) is 0 Å². The van der Waals surface area contributed by atoms with Crippen LogP contribution in [0.25, 0.3) is 10.4 Å². The van der Waals surface area contributed by atoms with Gasteiger partial charge >= 0.3 is 0 Å². The average molecular weight is 385 g/mol. The highest BCUT2D eigenvalue weighted by molar-refractivity contribution is 7.17. The molecule has 3 nitrogen and oxygen atoms in total. The molecule has 1 saturated heterocycles. The molecule has 1 amide bonds. The summed E-state index contributed by atoms with van der Waals surface area (Å²) in [4.78, 5) is 16.6. The summed E-state index contributed by atoms with van der Waals surface area (Å²) in [6.07, 6.45) is 0.973. The van der Waals surface area contributed by atoms with E-state index in [0.717, 1.165) is 40.4 Å². The van der Waals surface area contributed by atoms with Crippen LogP contribution < -0.4 is 5.73 Å². The number of likely N-dealkylation sites (tertiary alicyclic amines) is 1. The summed E-state index contributed by atoms with van der Waals surface area (Å²) in [6.45, 7) is 6.34. The molecule has 1 aromatic heterocycles. The van der Waals surface area contributed by atoms with Gasteiger partial charge in [-0.25, -0.2) is 0 Å². The van der Waals surface area contributed by atoms with Crippen molar-refractivity contribution in [2.24, 2.45) is 11.1 Å². The van der Waals surface area contributed by atoms with Gasteiger partial charge in [0.15, 0.2) is 0 Å². The van der Waals surface area contributed by atoms with Gasteiger partial charge in [0.05, 0.1) is 4.88 Å². The van der Waals surface area contributed by atoms with Crippen molar-refractivity contribution < 1.29 is 4.79 Å². The topological polar surface area (TPSA) is 46.3 Å². The van der Waals surface area contributed by atoms with Gasteiger partial charge in [0.25, 0.3) is 5.91 Å². The number of amides is 1. The molecule has 3 rings (SSSR count). The summed E-state index contributed by atoms with van der Waals surface area (Å²) in [7, 11) is 0. The average Bonchev–Trinajstić information content (AvgIpc) is 3.11. The number of hydrogen-bond donors (Lipinski definition) is 1. The van der Waals surface area contributed by atoms with E-state index in [2.05, 4.69) is 6.92 Å². The molecule has 0 aliphatic carbocycles. The summed E-state index contributed by atoms with van der Waals surface area (Å²) in [6, 6.07) is 9.75. The maximum Gasteiger partial charge on any atom is 0.263 e. The minimum atomic E-state index is 0. The molecule has 1 aromatic carbocycles. The minimum Gasteiger partial charge on any atom is -0.337 e. The second-order valence-electron chi connectivity index (χ2n) is 6.62. The SMILES string of the molecule is Cc1cc(C(=O)N2CCC(C)(CN)C2)sc1-c1cccc(Cl)c1.Cl. The molecule has 1 aliphatic rings. The van der Waals surface area contributed by atoms with Gasteiger partial charge in [-0.2, -0.15) is 0 Å². The maximum absolute atomic E-state index is 12.8. The van der Waals surface area contributed by atoms with E-state index in [0.29, 0.717) is 11.6 Å². The van der Waals surface area contributed by atoms with Crippen LogP contribution in [0.1, 0.15) is 28.6 Å². The van der Waals surface area contributed by atoms with Crippen LogP contribution in [0.5, 0.6) is 0 Å². The Kier molecular flexibility index (Phi) is 5.97. The van der Waals surface area contributed by atoms with Gasteiger partial charge in [-0.1, -0.05) is 30.7 Å². The number of hydrogen-bond acceptors (Lipinski definition) is 3. The van der Waals surface area contributed by atoms with E-state index in [1.54, 1.807) is 11.3 Å². The van der Waals surface area contributed by atoms with Crippen LogP contribution >= 0.6 is 35.3 Å². The first-order chi connectivity index (χ1) is 10.9. The van der Waals surface area contributed by atoms with Crippen LogP contribution in [0.2, 0.25) is 5.02 Å². The summed E-state index contributed by atoms with van der Waals surface area (Å²) in [5.74, 6) is 0.114. The molecule has 2 heterocycles. The standard InChI is InChI=1S/C18H21ClN2OS.ClH/c1-12-8-15(17(22)21-7-6-18(2,10-20)11-21)23-16(12)13-4-3-5-14(19)9-13;/h3-5,8-9H,6-7,10-11,20H2,1-2H3;1H. The zero-order chi connectivity index (χ0) is 16.6. The van der Waals surface area contributed by atoms with Crippen LogP contribution in [0.4, 0.5) is 0 Å². The molecular formula is C18H22Cl2N2OS. The van der Waals surface area contributed by atoms with Crippen LogP contribution in [0.15, 0.2) is 30.3 Å². The van der Waals surface area contributed by atoms with E-state index < -0.39 is 0 Å². The fourth-order valence-electron chi connectivity index (χ4n) is 3.02. The molecule has 0 saturated carbocycles. The van der Waals surface area contributed by atoms with Crippen molar-refractivity contribution in [3.8, 4) is 10.4 Å². The van der Waals surface area contributed by atoms with Crippen molar-refractivity contribution in [2.75, 3.05) is 19.6 Å². The van der Waals surface area contributed by atoms with Crippen molar-refractivity contribution >= 4 is 41.3 Å². The van der Waals surface area contributed by atoms with Crippen molar-refractivity contribution in [1.82, 2.24) is 4.90 Å². The number of rotatable bonds is 3. The Morgan fingerprint density at radius 3 is 2.79 bits per heavy atom. The van der Waals surface area contributed by atoms with E-state index in [9.17, 15) is 4.79 Å². The highest BCUT2D eigenvalue weighted by Crippen LogP contribution is 2.36. The molecule has 2 N–H and O–H groups in total. The largest absolute Gasteiger partial charge is 0.337 e. The number of benzene rings is 1. The van der Waals surface area contributed by atoms with E-state index in [1.165, 1.54) is 0 Å². The molecular weight excluding hydrogens is 363 g/mol. The second-order valence-corrected chi connectivity index (χ2v) is 8.11. The van der Waals surface area contributed by atoms with Gasteiger partial charge in [0.2, 0.25) is 0 Å². The number of halogens is 2. The Morgan fingerprint density at radius 2 is 2.17 bits per heavy atom. The number of aryl methyl sites for hydroxylation is 1. The molecule has 1 aliphatic heterocycles.